The molecule has 1 unspecified atom stereocenters. The van der Waals surface area contributed by atoms with E-state index in [1.54, 1.807) is 22.9 Å². The van der Waals surface area contributed by atoms with Crippen LogP contribution in [0.3, 0.4) is 0 Å². The van der Waals surface area contributed by atoms with Gasteiger partial charge in [-0.25, -0.2) is 13.2 Å². The van der Waals surface area contributed by atoms with Crippen molar-refractivity contribution in [3.8, 4) is 16.9 Å². The summed E-state index contributed by atoms with van der Waals surface area (Å²) in [7, 11) is 1.38. The van der Waals surface area contributed by atoms with Gasteiger partial charge in [0.25, 0.3) is 5.92 Å². The molecule has 0 spiro atoms. The van der Waals surface area contributed by atoms with E-state index in [2.05, 4.69) is 16.9 Å². The third kappa shape index (κ3) is 3.62. The number of hydrogen-bond acceptors (Lipinski definition) is 3. The van der Waals surface area contributed by atoms with E-state index < -0.39 is 17.7 Å². The molecule has 26 heavy (non-hydrogen) atoms. The molecule has 0 aliphatic heterocycles. The van der Waals surface area contributed by atoms with Crippen molar-refractivity contribution in [2.75, 3.05) is 7.11 Å². The van der Waals surface area contributed by atoms with E-state index in [0.29, 0.717) is 29.6 Å². The second-order valence-corrected chi connectivity index (χ2v) is 6.48. The third-order valence-electron chi connectivity index (χ3n) is 4.43. The average Bonchev–Trinajstić information content (AvgIpc) is 3.22. The first-order chi connectivity index (χ1) is 12.4. The number of benzene rings is 1. The maximum atomic E-state index is 14.0. The molecular weight excluding hydrogens is 367 g/mol. The standard InChI is InChI=1S/C18H17ClF3N3O/c1-23-24-17-16(19)13(11-3-4-15(26-2)14(20)9-11)6-8-25(17)7-5-12-10-18(12,21)22/h3-4,6,8-9,12H,1,5,7,10H2,2H3/b24-17-. The summed E-state index contributed by atoms with van der Waals surface area (Å²) >= 11 is 6.44. The van der Waals surface area contributed by atoms with Crippen LogP contribution in [0.4, 0.5) is 13.2 Å². The molecule has 1 aliphatic carbocycles. The van der Waals surface area contributed by atoms with Crippen LogP contribution in [0.1, 0.15) is 12.8 Å². The fourth-order valence-corrected chi connectivity index (χ4v) is 3.16. The van der Waals surface area contributed by atoms with Crippen LogP contribution in [0.15, 0.2) is 40.7 Å². The molecule has 8 heteroatoms. The van der Waals surface area contributed by atoms with Crippen LogP contribution < -0.4 is 10.2 Å². The number of aromatic nitrogens is 1. The van der Waals surface area contributed by atoms with E-state index >= 15 is 0 Å². The molecule has 0 saturated heterocycles. The Morgan fingerprint density at radius 1 is 1.38 bits per heavy atom. The fraction of sp³-hybridized carbons (Fsp3) is 0.333. The summed E-state index contributed by atoms with van der Waals surface area (Å²) in [5.74, 6) is -3.58. The Morgan fingerprint density at radius 3 is 2.69 bits per heavy atom. The van der Waals surface area contributed by atoms with Crippen molar-refractivity contribution < 1.29 is 17.9 Å². The molecule has 0 N–H and O–H groups in total. The van der Waals surface area contributed by atoms with Gasteiger partial charge >= 0.3 is 0 Å². The van der Waals surface area contributed by atoms with E-state index in [4.69, 9.17) is 16.3 Å². The second kappa shape index (κ2) is 7.15. The second-order valence-electron chi connectivity index (χ2n) is 6.10. The summed E-state index contributed by atoms with van der Waals surface area (Å²) in [6.07, 6.45) is 1.90. The van der Waals surface area contributed by atoms with Crippen LogP contribution in [0.5, 0.6) is 5.75 Å². The molecule has 0 amide bonds. The van der Waals surface area contributed by atoms with Gasteiger partial charge in [-0.15, -0.1) is 5.10 Å². The zero-order valence-electron chi connectivity index (χ0n) is 14.1. The maximum absolute atomic E-state index is 14.0. The predicted molar refractivity (Wildman–Crippen MR) is 94.2 cm³/mol. The summed E-state index contributed by atoms with van der Waals surface area (Å²) in [5, 5.41) is 7.67. The smallest absolute Gasteiger partial charge is 0.251 e. The average molecular weight is 384 g/mol. The predicted octanol–water partition coefficient (Wildman–Crippen LogP) is 4.52. The number of halogens is 4. The largest absolute Gasteiger partial charge is 0.494 e. The Kier molecular flexibility index (Phi) is 5.09. The Morgan fingerprint density at radius 2 is 2.12 bits per heavy atom. The lowest BCUT2D eigenvalue weighted by Gasteiger charge is -2.12. The highest BCUT2D eigenvalue weighted by Crippen LogP contribution is 2.50. The minimum atomic E-state index is -2.57. The molecule has 2 aromatic rings. The van der Waals surface area contributed by atoms with Gasteiger partial charge in [0.1, 0.15) is 0 Å². The minimum Gasteiger partial charge on any atom is -0.494 e. The van der Waals surface area contributed by atoms with Crippen molar-refractivity contribution in [1.29, 1.82) is 0 Å². The van der Waals surface area contributed by atoms with Crippen molar-refractivity contribution >= 4 is 18.3 Å². The molecule has 0 bridgehead atoms. The summed E-state index contributed by atoms with van der Waals surface area (Å²) in [6.45, 7) is 3.65. The van der Waals surface area contributed by atoms with Gasteiger partial charge in [0, 0.05) is 37.4 Å². The molecule has 1 heterocycles. The quantitative estimate of drug-likeness (QED) is 0.534. The lowest BCUT2D eigenvalue weighted by Crippen LogP contribution is -2.22. The number of pyridine rings is 1. The summed E-state index contributed by atoms with van der Waals surface area (Å²) < 4.78 is 46.7. The summed E-state index contributed by atoms with van der Waals surface area (Å²) in [4.78, 5) is 0. The SMILES string of the molecule is C=N/N=c1/c(Cl)c(-c2ccc(OC)c(F)c2)ccn1CCC1CC1(F)F. The van der Waals surface area contributed by atoms with Crippen LogP contribution in [0.2, 0.25) is 5.02 Å². The van der Waals surface area contributed by atoms with Gasteiger partial charge in [-0.05, 0) is 30.2 Å². The zero-order chi connectivity index (χ0) is 18.9. The molecule has 1 fully saturated rings. The first kappa shape index (κ1) is 18.5. The molecule has 0 radical (unpaired) electrons. The summed E-state index contributed by atoms with van der Waals surface area (Å²) in [6, 6.07) is 6.17. The zero-order valence-corrected chi connectivity index (χ0v) is 14.8. The van der Waals surface area contributed by atoms with Gasteiger partial charge in [0.2, 0.25) is 0 Å². The van der Waals surface area contributed by atoms with Crippen LogP contribution in [0.25, 0.3) is 11.1 Å². The monoisotopic (exact) mass is 383 g/mol. The number of rotatable bonds is 6. The summed E-state index contributed by atoms with van der Waals surface area (Å²) in [5.41, 5.74) is 1.37. The first-order valence-electron chi connectivity index (χ1n) is 7.97. The fourth-order valence-electron chi connectivity index (χ4n) is 2.84. The van der Waals surface area contributed by atoms with Crippen LogP contribution >= 0.6 is 11.6 Å². The highest BCUT2D eigenvalue weighted by atomic mass is 35.5. The van der Waals surface area contributed by atoms with Crippen LogP contribution in [0, 0.1) is 11.7 Å². The molecule has 1 saturated carbocycles. The number of alkyl halides is 2. The van der Waals surface area contributed by atoms with Gasteiger partial charge < -0.3 is 9.30 Å². The van der Waals surface area contributed by atoms with Gasteiger partial charge in [-0.2, -0.15) is 5.10 Å². The van der Waals surface area contributed by atoms with E-state index in [1.165, 1.54) is 19.2 Å². The number of nitrogens with zero attached hydrogens (tertiary/aromatic N) is 3. The molecule has 1 atom stereocenters. The topological polar surface area (TPSA) is 38.9 Å². The third-order valence-corrected chi connectivity index (χ3v) is 4.80. The van der Waals surface area contributed by atoms with Gasteiger partial charge in [0.15, 0.2) is 17.1 Å². The molecular formula is C18H17ClF3N3O. The number of ether oxygens (including phenoxy) is 1. The Labute approximate surface area is 153 Å². The van der Waals surface area contributed by atoms with Crippen molar-refractivity contribution in [2.24, 2.45) is 16.1 Å². The van der Waals surface area contributed by atoms with Crippen molar-refractivity contribution in [3.05, 3.63) is 46.8 Å². The molecule has 138 valence electrons. The van der Waals surface area contributed by atoms with E-state index in [0.717, 1.165) is 0 Å². The molecule has 1 aromatic carbocycles. The van der Waals surface area contributed by atoms with Gasteiger partial charge in [-0.3, -0.25) is 0 Å². The van der Waals surface area contributed by atoms with E-state index in [1.807, 2.05) is 0 Å². The van der Waals surface area contributed by atoms with Gasteiger partial charge in [-0.1, -0.05) is 17.7 Å². The minimum absolute atomic E-state index is 0.0866. The Bertz CT molecular complexity index is 911. The number of methoxy groups -OCH3 is 1. The molecule has 1 aromatic heterocycles. The van der Waals surface area contributed by atoms with Gasteiger partial charge in [0.05, 0.1) is 12.1 Å². The van der Waals surface area contributed by atoms with E-state index in [-0.39, 0.29) is 17.2 Å². The highest BCUT2D eigenvalue weighted by Gasteiger charge is 2.55. The first-order valence-corrected chi connectivity index (χ1v) is 8.35. The lowest BCUT2D eigenvalue weighted by atomic mass is 10.1. The highest BCUT2D eigenvalue weighted by molar-refractivity contribution is 6.33. The Balaban J connectivity index is 1.96. The van der Waals surface area contributed by atoms with Crippen molar-refractivity contribution in [2.45, 2.75) is 25.3 Å². The molecule has 3 rings (SSSR count). The molecule has 1 aliphatic rings. The van der Waals surface area contributed by atoms with E-state index in [9.17, 15) is 13.2 Å². The normalized spacial score (nSPS) is 18.7. The molecule has 4 nitrogen and oxygen atoms in total. The number of hydrogen-bond donors (Lipinski definition) is 0. The Hall–Kier alpha value is -2.28. The van der Waals surface area contributed by atoms with Crippen molar-refractivity contribution in [3.63, 3.8) is 0 Å². The van der Waals surface area contributed by atoms with Crippen LogP contribution in [-0.2, 0) is 6.54 Å². The maximum Gasteiger partial charge on any atom is 0.251 e. The van der Waals surface area contributed by atoms with Crippen LogP contribution in [-0.4, -0.2) is 24.3 Å². The lowest BCUT2D eigenvalue weighted by molar-refractivity contribution is 0.0959. The van der Waals surface area contributed by atoms with Crippen molar-refractivity contribution in [1.82, 2.24) is 4.57 Å². The number of aryl methyl sites for hydroxylation is 1.